The second-order valence-corrected chi connectivity index (χ2v) is 6.57. The zero-order valence-electron chi connectivity index (χ0n) is 13.7. The molecule has 2 N–H and O–H groups in total. The van der Waals surface area contributed by atoms with Crippen molar-refractivity contribution >= 4 is 27.5 Å². The number of nitrogens with zero attached hydrogens (tertiary/aromatic N) is 2. The smallest absolute Gasteiger partial charge is 0.306 e. The van der Waals surface area contributed by atoms with Crippen LogP contribution in [0.25, 0.3) is 5.65 Å². The van der Waals surface area contributed by atoms with E-state index < -0.39 is 23.3 Å². The fourth-order valence-electron chi connectivity index (χ4n) is 2.76. The highest BCUT2D eigenvalue weighted by atomic mass is 79.9. The number of rotatable bonds is 4. The first-order chi connectivity index (χ1) is 12.4. The van der Waals surface area contributed by atoms with Crippen molar-refractivity contribution in [3.63, 3.8) is 0 Å². The van der Waals surface area contributed by atoms with E-state index >= 15 is 0 Å². The molecule has 3 aromatic rings. The summed E-state index contributed by atoms with van der Waals surface area (Å²) in [4.78, 5) is 29.0. The Morgan fingerprint density at radius 3 is 2.58 bits per heavy atom. The number of phenols is 1. The van der Waals surface area contributed by atoms with Crippen LogP contribution in [0, 0.1) is 0 Å². The molecule has 3 rings (SSSR count). The topological polar surface area (TPSA) is 101 Å². The van der Waals surface area contributed by atoms with Gasteiger partial charge >= 0.3 is 5.97 Å². The van der Waals surface area contributed by atoms with Crippen molar-refractivity contribution in [2.45, 2.75) is 12.3 Å². The van der Waals surface area contributed by atoms with Crippen LogP contribution in [0.2, 0.25) is 0 Å². The van der Waals surface area contributed by atoms with Crippen molar-refractivity contribution in [2.24, 2.45) is 0 Å². The number of carbonyl (C=O) groups is 1. The van der Waals surface area contributed by atoms with Crippen molar-refractivity contribution in [1.82, 2.24) is 9.38 Å². The van der Waals surface area contributed by atoms with Gasteiger partial charge in [0, 0.05) is 16.6 Å². The van der Waals surface area contributed by atoms with Crippen LogP contribution in [0.5, 0.6) is 11.6 Å². The lowest BCUT2D eigenvalue weighted by molar-refractivity contribution is -0.140. The second kappa shape index (κ2) is 7.17. The first-order valence-corrected chi connectivity index (χ1v) is 8.46. The predicted octanol–water partition coefficient (Wildman–Crippen LogP) is 2.56. The van der Waals surface area contributed by atoms with Gasteiger partial charge in [0.05, 0.1) is 19.1 Å². The summed E-state index contributed by atoms with van der Waals surface area (Å²) in [5.41, 5.74) is 0.340. The Bertz CT molecular complexity index is 1030. The standard InChI is InChI=1S/C18H15BrN2O5/c1-26-15(23)8-13(10-2-5-12(22)6-3-10)16-17(24)20-14-7-4-11(19)9-21(14)18(16)25/h2-7,9,13,22,24H,8H2,1H3/t13-/m1/s1. The second-order valence-electron chi connectivity index (χ2n) is 5.65. The molecule has 0 aliphatic carbocycles. The summed E-state index contributed by atoms with van der Waals surface area (Å²) < 4.78 is 6.69. The minimum Gasteiger partial charge on any atom is -0.508 e. The maximum atomic E-state index is 13.0. The molecule has 0 saturated carbocycles. The highest BCUT2D eigenvalue weighted by molar-refractivity contribution is 9.10. The predicted molar refractivity (Wildman–Crippen MR) is 97.4 cm³/mol. The van der Waals surface area contributed by atoms with Crippen molar-refractivity contribution in [3.8, 4) is 11.6 Å². The maximum Gasteiger partial charge on any atom is 0.306 e. The first-order valence-electron chi connectivity index (χ1n) is 7.67. The van der Waals surface area contributed by atoms with Gasteiger partial charge < -0.3 is 14.9 Å². The van der Waals surface area contributed by atoms with Gasteiger partial charge in [-0.15, -0.1) is 0 Å². The Kier molecular flexibility index (Phi) is 4.94. The van der Waals surface area contributed by atoms with E-state index in [2.05, 4.69) is 20.9 Å². The minimum absolute atomic E-state index is 0.0170. The third-order valence-corrected chi connectivity index (χ3v) is 4.51. The summed E-state index contributed by atoms with van der Waals surface area (Å²) >= 11 is 3.30. The van der Waals surface area contributed by atoms with Crippen LogP contribution < -0.4 is 5.56 Å². The zero-order chi connectivity index (χ0) is 18.8. The Morgan fingerprint density at radius 2 is 1.92 bits per heavy atom. The molecule has 0 bridgehead atoms. The number of aromatic nitrogens is 2. The summed E-state index contributed by atoms with van der Waals surface area (Å²) in [7, 11) is 1.25. The molecule has 0 aliphatic rings. The summed E-state index contributed by atoms with van der Waals surface area (Å²) in [5, 5.41) is 19.9. The molecule has 2 heterocycles. The average Bonchev–Trinajstić information content (AvgIpc) is 2.62. The molecule has 0 amide bonds. The first kappa shape index (κ1) is 17.9. The number of benzene rings is 1. The monoisotopic (exact) mass is 418 g/mol. The maximum absolute atomic E-state index is 13.0. The van der Waals surface area contributed by atoms with Crippen LogP contribution in [0.15, 0.2) is 51.9 Å². The normalized spacial score (nSPS) is 12.1. The van der Waals surface area contributed by atoms with Crippen LogP contribution in [0.3, 0.4) is 0 Å². The number of hydrogen-bond acceptors (Lipinski definition) is 6. The highest BCUT2D eigenvalue weighted by Crippen LogP contribution is 2.32. The van der Waals surface area contributed by atoms with Gasteiger partial charge in [-0.3, -0.25) is 14.0 Å². The van der Waals surface area contributed by atoms with Gasteiger partial charge in [0.15, 0.2) is 0 Å². The Hall–Kier alpha value is -2.87. The van der Waals surface area contributed by atoms with Gasteiger partial charge in [0.1, 0.15) is 11.4 Å². The number of pyridine rings is 1. The highest BCUT2D eigenvalue weighted by Gasteiger charge is 2.27. The molecular formula is C18H15BrN2O5. The van der Waals surface area contributed by atoms with E-state index in [4.69, 9.17) is 4.74 Å². The van der Waals surface area contributed by atoms with Crippen molar-refractivity contribution in [2.75, 3.05) is 7.11 Å². The zero-order valence-corrected chi connectivity index (χ0v) is 15.3. The van der Waals surface area contributed by atoms with E-state index in [0.717, 1.165) is 0 Å². The molecule has 1 atom stereocenters. The fraction of sp³-hybridized carbons (Fsp3) is 0.167. The van der Waals surface area contributed by atoms with E-state index in [0.29, 0.717) is 10.0 Å². The number of phenolic OH excluding ortho intramolecular Hbond substituents is 1. The number of ether oxygens (including phenoxy) is 1. The van der Waals surface area contributed by atoms with Gasteiger partial charge in [-0.2, -0.15) is 4.98 Å². The largest absolute Gasteiger partial charge is 0.508 e. The van der Waals surface area contributed by atoms with Crippen molar-refractivity contribution < 1.29 is 19.7 Å². The number of fused-ring (bicyclic) bond motifs is 1. The molecule has 1 aromatic carbocycles. The average molecular weight is 419 g/mol. The molecule has 7 nitrogen and oxygen atoms in total. The van der Waals surface area contributed by atoms with Gasteiger partial charge in [0.2, 0.25) is 5.88 Å². The van der Waals surface area contributed by atoms with E-state index in [9.17, 15) is 19.8 Å². The summed E-state index contributed by atoms with van der Waals surface area (Å²) in [6, 6.07) is 9.34. The molecule has 26 heavy (non-hydrogen) atoms. The van der Waals surface area contributed by atoms with Crippen molar-refractivity contribution in [3.05, 3.63) is 68.5 Å². The summed E-state index contributed by atoms with van der Waals surface area (Å²) in [6.45, 7) is 0. The quantitative estimate of drug-likeness (QED) is 0.631. The van der Waals surface area contributed by atoms with Crippen LogP contribution in [-0.4, -0.2) is 32.7 Å². The number of methoxy groups -OCH3 is 1. The lowest BCUT2D eigenvalue weighted by atomic mass is 9.89. The molecule has 0 saturated heterocycles. The van der Waals surface area contributed by atoms with E-state index in [1.807, 2.05) is 0 Å². The third-order valence-electron chi connectivity index (χ3n) is 4.04. The van der Waals surface area contributed by atoms with E-state index in [1.54, 1.807) is 30.5 Å². The molecule has 0 radical (unpaired) electrons. The molecule has 0 unspecified atom stereocenters. The van der Waals surface area contributed by atoms with Gasteiger partial charge in [0.25, 0.3) is 5.56 Å². The number of hydrogen-bond donors (Lipinski definition) is 2. The Balaban J connectivity index is 2.24. The molecular weight excluding hydrogens is 404 g/mol. The molecule has 0 fully saturated rings. The molecule has 134 valence electrons. The lowest BCUT2D eigenvalue weighted by Crippen LogP contribution is -2.24. The number of halogens is 1. The molecule has 2 aromatic heterocycles. The minimum atomic E-state index is -0.779. The van der Waals surface area contributed by atoms with Gasteiger partial charge in [-0.25, -0.2) is 0 Å². The summed E-state index contributed by atoms with van der Waals surface area (Å²) in [6.07, 6.45) is 1.38. The van der Waals surface area contributed by atoms with Crippen LogP contribution in [0.1, 0.15) is 23.5 Å². The van der Waals surface area contributed by atoms with E-state index in [-0.39, 0.29) is 23.4 Å². The SMILES string of the molecule is COC(=O)C[C@H](c1ccc(O)cc1)c1c(O)nc2ccc(Br)cn2c1=O. The summed E-state index contributed by atoms with van der Waals surface area (Å²) in [5.74, 6) is -1.72. The molecule has 0 spiro atoms. The van der Waals surface area contributed by atoms with E-state index in [1.165, 1.54) is 23.6 Å². The van der Waals surface area contributed by atoms with Gasteiger partial charge in [-0.05, 0) is 45.8 Å². The van der Waals surface area contributed by atoms with Gasteiger partial charge in [-0.1, -0.05) is 12.1 Å². The molecule has 0 aliphatic heterocycles. The fourth-order valence-corrected chi connectivity index (χ4v) is 3.10. The Labute approximate surface area is 156 Å². The van der Waals surface area contributed by atoms with Crippen molar-refractivity contribution in [1.29, 1.82) is 0 Å². The third kappa shape index (κ3) is 3.41. The number of esters is 1. The van der Waals surface area contributed by atoms with Crippen LogP contribution in [-0.2, 0) is 9.53 Å². The lowest BCUT2D eigenvalue weighted by Gasteiger charge is -2.17. The van der Waals surface area contributed by atoms with Crippen LogP contribution in [0.4, 0.5) is 0 Å². The molecule has 8 heteroatoms. The number of carbonyl (C=O) groups excluding carboxylic acids is 1. The van der Waals surface area contributed by atoms with Crippen LogP contribution >= 0.6 is 15.9 Å². The Morgan fingerprint density at radius 1 is 1.23 bits per heavy atom. The number of aromatic hydroxyl groups is 2.